The Morgan fingerprint density at radius 2 is 1.13 bits per heavy atom. The maximum absolute atomic E-state index is 3.06. The summed E-state index contributed by atoms with van der Waals surface area (Å²) in [5.41, 5.74) is 1.69. The van der Waals surface area contributed by atoms with E-state index in [1.807, 2.05) is 0 Å². The standard InChI is InChI=1S/C39H72/c1-6-10-12-14-23-34(20-11-7-2)38(9-4,30-8-3)37(5,33-21-15-13-16-22-33)39(31-32-28-29-32,36-26-19-27-36)35-24-17-18-25-35/h32-36H,6-31H2,1-5H3. The maximum atomic E-state index is 3.06. The van der Waals surface area contributed by atoms with Gasteiger partial charge in [-0.15, -0.1) is 0 Å². The molecule has 39 heavy (non-hydrogen) atoms. The maximum Gasteiger partial charge on any atom is -0.0176 e. The van der Waals surface area contributed by atoms with E-state index in [0.717, 1.165) is 29.6 Å². The van der Waals surface area contributed by atoms with E-state index in [-0.39, 0.29) is 0 Å². The fourth-order valence-corrected chi connectivity index (χ4v) is 12.0. The van der Waals surface area contributed by atoms with Crippen molar-refractivity contribution in [2.45, 2.75) is 202 Å². The van der Waals surface area contributed by atoms with Crippen LogP contribution < -0.4 is 0 Å². The minimum Gasteiger partial charge on any atom is -0.0654 e. The van der Waals surface area contributed by atoms with E-state index in [9.17, 15) is 0 Å². The van der Waals surface area contributed by atoms with Crippen LogP contribution in [0, 0.1) is 45.8 Å². The minimum absolute atomic E-state index is 0.525. The summed E-state index contributed by atoms with van der Waals surface area (Å²) < 4.78 is 0. The second-order valence-electron chi connectivity index (χ2n) is 15.8. The van der Waals surface area contributed by atoms with Gasteiger partial charge in [0.2, 0.25) is 0 Å². The predicted octanol–water partition coefficient (Wildman–Crippen LogP) is 13.3. The van der Waals surface area contributed by atoms with Crippen molar-refractivity contribution in [2.75, 3.05) is 0 Å². The van der Waals surface area contributed by atoms with Gasteiger partial charge >= 0.3 is 0 Å². The zero-order valence-electron chi connectivity index (χ0n) is 27.8. The van der Waals surface area contributed by atoms with E-state index in [1.165, 1.54) is 109 Å². The summed E-state index contributed by atoms with van der Waals surface area (Å²) in [6, 6.07) is 0. The molecule has 0 N–H and O–H groups in total. The van der Waals surface area contributed by atoms with Crippen molar-refractivity contribution in [1.29, 1.82) is 0 Å². The van der Waals surface area contributed by atoms with Gasteiger partial charge in [0.05, 0.1) is 0 Å². The third kappa shape index (κ3) is 6.36. The third-order valence-corrected chi connectivity index (χ3v) is 14.1. The molecular weight excluding hydrogens is 468 g/mol. The minimum atomic E-state index is 0.525. The van der Waals surface area contributed by atoms with E-state index in [0.29, 0.717) is 16.2 Å². The molecule has 0 heteroatoms. The molecule has 4 saturated carbocycles. The molecule has 0 spiro atoms. The molecule has 228 valence electrons. The van der Waals surface area contributed by atoms with Gasteiger partial charge in [-0.1, -0.05) is 131 Å². The molecule has 0 heterocycles. The van der Waals surface area contributed by atoms with Crippen molar-refractivity contribution in [3.05, 3.63) is 0 Å². The smallest absolute Gasteiger partial charge is 0.0176 e. The van der Waals surface area contributed by atoms with Crippen LogP contribution in [-0.2, 0) is 0 Å². The molecule has 4 aliphatic rings. The second-order valence-corrected chi connectivity index (χ2v) is 15.8. The molecule has 0 aromatic heterocycles. The fraction of sp³-hybridized carbons (Fsp3) is 1.00. The zero-order chi connectivity index (χ0) is 27.8. The van der Waals surface area contributed by atoms with Gasteiger partial charge in [-0.25, -0.2) is 0 Å². The highest BCUT2D eigenvalue weighted by Crippen LogP contribution is 2.75. The number of hydrogen-bond acceptors (Lipinski definition) is 0. The molecule has 4 aliphatic carbocycles. The van der Waals surface area contributed by atoms with E-state index in [4.69, 9.17) is 0 Å². The van der Waals surface area contributed by atoms with E-state index in [1.54, 1.807) is 57.8 Å². The van der Waals surface area contributed by atoms with Crippen LogP contribution in [0.3, 0.4) is 0 Å². The summed E-state index contributed by atoms with van der Waals surface area (Å²) in [6.07, 6.45) is 39.4. The lowest BCUT2D eigenvalue weighted by Gasteiger charge is -2.71. The monoisotopic (exact) mass is 541 g/mol. The molecule has 0 aliphatic heterocycles. The Hall–Kier alpha value is 0. The summed E-state index contributed by atoms with van der Waals surface area (Å²) in [4.78, 5) is 0. The van der Waals surface area contributed by atoms with Crippen LogP contribution in [0.5, 0.6) is 0 Å². The Kier molecular flexibility index (Phi) is 12.2. The lowest BCUT2D eigenvalue weighted by atomic mass is 9.33. The van der Waals surface area contributed by atoms with Gasteiger partial charge in [0, 0.05) is 0 Å². The van der Waals surface area contributed by atoms with Crippen LogP contribution >= 0.6 is 0 Å². The molecule has 4 rings (SSSR count). The van der Waals surface area contributed by atoms with Crippen molar-refractivity contribution >= 4 is 0 Å². The van der Waals surface area contributed by atoms with E-state index >= 15 is 0 Å². The van der Waals surface area contributed by atoms with Crippen LogP contribution in [0.4, 0.5) is 0 Å². The molecule has 4 atom stereocenters. The van der Waals surface area contributed by atoms with Crippen molar-refractivity contribution in [3.63, 3.8) is 0 Å². The van der Waals surface area contributed by atoms with Gasteiger partial charge < -0.3 is 0 Å². The Morgan fingerprint density at radius 1 is 0.564 bits per heavy atom. The quantitative estimate of drug-likeness (QED) is 0.143. The van der Waals surface area contributed by atoms with Crippen LogP contribution in [0.25, 0.3) is 0 Å². The average Bonchev–Trinajstić information content (AvgIpc) is 3.57. The lowest BCUT2D eigenvalue weighted by Crippen LogP contribution is -2.64. The molecule has 4 unspecified atom stereocenters. The third-order valence-electron chi connectivity index (χ3n) is 14.1. The normalized spacial score (nSPS) is 27.0. The number of hydrogen-bond donors (Lipinski definition) is 0. The van der Waals surface area contributed by atoms with Gasteiger partial charge in [-0.05, 0) is 116 Å². The molecule has 0 saturated heterocycles. The summed E-state index contributed by atoms with van der Waals surface area (Å²) >= 11 is 0. The van der Waals surface area contributed by atoms with Crippen LogP contribution in [0.15, 0.2) is 0 Å². The van der Waals surface area contributed by atoms with Gasteiger partial charge in [0.25, 0.3) is 0 Å². The van der Waals surface area contributed by atoms with E-state index < -0.39 is 0 Å². The van der Waals surface area contributed by atoms with Crippen molar-refractivity contribution in [3.8, 4) is 0 Å². The first-order chi connectivity index (χ1) is 19.0. The van der Waals surface area contributed by atoms with Gasteiger partial charge in [-0.3, -0.25) is 0 Å². The molecule has 0 radical (unpaired) electrons. The molecular formula is C39H72. The second kappa shape index (κ2) is 14.9. The van der Waals surface area contributed by atoms with Gasteiger partial charge in [0.15, 0.2) is 0 Å². The molecule has 4 fully saturated rings. The highest BCUT2D eigenvalue weighted by atomic mass is 14.7. The Labute approximate surface area is 247 Å². The molecule has 0 amide bonds. The van der Waals surface area contributed by atoms with Crippen LogP contribution in [0.1, 0.15) is 202 Å². The average molecular weight is 541 g/mol. The fourth-order valence-electron chi connectivity index (χ4n) is 12.0. The SMILES string of the molecule is CCCCCCC(CCCC)C(CC)(CCC)C(C)(C1CCCCC1)C(CC1CC1)(C1CCCC1)C1CCC1. The Morgan fingerprint density at radius 3 is 1.64 bits per heavy atom. The van der Waals surface area contributed by atoms with Gasteiger partial charge in [-0.2, -0.15) is 0 Å². The Bertz CT molecular complexity index is 674. The lowest BCUT2D eigenvalue weighted by molar-refractivity contribution is -0.227. The van der Waals surface area contributed by atoms with Crippen LogP contribution in [-0.4, -0.2) is 0 Å². The van der Waals surface area contributed by atoms with Crippen molar-refractivity contribution in [1.82, 2.24) is 0 Å². The summed E-state index contributed by atoms with van der Waals surface area (Å²) in [7, 11) is 0. The largest absolute Gasteiger partial charge is 0.0654 e. The number of rotatable bonds is 19. The molecule has 0 aromatic carbocycles. The van der Waals surface area contributed by atoms with Crippen molar-refractivity contribution in [2.24, 2.45) is 45.8 Å². The first kappa shape index (κ1) is 31.9. The summed E-state index contributed by atoms with van der Waals surface area (Å²) in [5, 5.41) is 0. The molecule has 0 bridgehead atoms. The number of unbranched alkanes of at least 4 members (excludes halogenated alkanes) is 4. The van der Waals surface area contributed by atoms with Crippen LogP contribution in [0.2, 0.25) is 0 Å². The predicted molar refractivity (Wildman–Crippen MR) is 173 cm³/mol. The zero-order valence-corrected chi connectivity index (χ0v) is 27.8. The first-order valence-electron chi connectivity index (χ1n) is 19.0. The Balaban J connectivity index is 1.89. The highest BCUT2D eigenvalue weighted by molar-refractivity contribution is 5.17. The summed E-state index contributed by atoms with van der Waals surface area (Å²) in [5.74, 6) is 5.08. The molecule has 0 aromatic rings. The van der Waals surface area contributed by atoms with Crippen molar-refractivity contribution < 1.29 is 0 Å². The van der Waals surface area contributed by atoms with E-state index in [2.05, 4.69) is 34.6 Å². The summed E-state index contributed by atoms with van der Waals surface area (Å²) in [6.45, 7) is 13.2. The first-order valence-corrected chi connectivity index (χ1v) is 19.0. The molecule has 0 nitrogen and oxygen atoms in total. The highest BCUT2D eigenvalue weighted by Gasteiger charge is 2.68. The topological polar surface area (TPSA) is 0 Å². The van der Waals surface area contributed by atoms with Gasteiger partial charge in [0.1, 0.15) is 0 Å².